The van der Waals surface area contributed by atoms with Crippen LogP contribution < -0.4 is 15.5 Å². The minimum absolute atomic E-state index is 0. The third-order valence-corrected chi connectivity index (χ3v) is 4.62. The molecule has 5 nitrogen and oxygen atoms in total. The number of hydrogen-bond donors (Lipinski definition) is 2. The summed E-state index contributed by atoms with van der Waals surface area (Å²) in [5.74, 6) is 0.887. The summed E-state index contributed by atoms with van der Waals surface area (Å²) in [7, 11) is 1.75. The molecule has 1 unspecified atom stereocenters. The average Bonchev–Trinajstić information content (AvgIpc) is 3.09. The smallest absolute Gasteiger partial charge is 0.191 e. The lowest BCUT2D eigenvalue weighted by Gasteiger charge is -2.20. The first-order chi connectivity index (χ1) is 12.7. The van der Waals surface area contributed by atoms with Gasteiger partial charge in [-0.05, 0) is 42.7 Å². The first-order valence-electron chi connectivity index (χ1n) is 8.73. The second kappa shape index (κ2) is 10.7. The summed E-state index contributed by atoms with van der Waals surface area (Å²) < 4.78 is 13.9. The Hall–Kier alpha value is -1.61. The second-order valence-electron chi connectivity index (χ2n) is 6.26. The summed E-state index contributed by atoms with van der Waals surface area (Å²) in [4.78, 5) is 10.4. The van der Waals surface area contributed by atoms with Crippen LogP contribution in [0.2, 0.25) is 5.02 Å². The number of guanidine groups is 1. The van der Waals surface area contributed by atoms with E-state index < -0.39 is 0 Å². The molecule has 8 heteroatoms. The molecule has 27 heavy (non-hydrogen) atoms. The highest BCUT2D eigenvalue weighted by molar-refractivity contribution is 14.0. The van der Waals surface area contributed by atoms with Gasteiger partial charge in [0.05, 0.1) is 0 Å². The molecule has 2 aromatic rings. The van der Waals surface area contributed by atoms with Crippen molar-refractivity contribution < 1.29 is 4.39 Å². The second-order valence-corrected chi connectivity index (χ2v) is 6.70. The zero-order chi connectivity index (χ0) is 18.4. The minimum Gasteiger partial charge on any atom is -0.356 e. The number of halogens is 3. The van der Waals surface area contributed by atoms with Crippen molar-refractivity contribution in [2.45, 2.75) is 18.9 Å². The van der Waals surface area contributed by atoms with Crippen molar-refractivity contribution in [3.8, 4) is 0 Å². The Labute approximate surface area is 181 Å². The highest BCUT2D eigenvalue weighted by atomic mass is 127. The summed E-state index contributed by atoms with van der Waals surface area (Å²) in [6.45, 7) is 2.22. The first-order valence-corrected chi connectivity index (χ1v) is 9.10. The molecule has 1 aromatic carbocycles. The predicted molar refractivity (Wildman–Crippen MR) is 120 cm³/mol. The fourth-order valence-electron chi connectivity index (χ4n) is 3.09. The number of aliphatic imine (C=N–C) groups is 1. The molecule has 1 saturated heterocycles. The number of aromatic nitrogens is 1. The Morgan fingerprint density at radius 3 is 2.96 bits per heavy atom. The summed E-state index contributed by atoms with van der Waals surface area (Å²) >= 11 is 6.01. The third-order valence-electron chi connectivity index (χ3n) is 4.39. The van der Waals surface area contributed by atoms with Crippen molar-refractivity contribution in [3.63, 3.8) is 0 Å². The van der Waals surface area contributed by atoms with Crippen LogP contribution in [-0.4, -0.2) is 43.7 Å². The Balaban J connectivity index is 0.00000261. The standard InChI is InChI=1S/C19H23ClFN5.HI/c1-22-19(24-10-7-14-4-2-5-15(20)12-14)25-16-8-11-26(13-16)18-17(21)6-3-9-23-18;/h2-6,9,12,16H,7-8,10-11,13H2,1H3,(H2,22,24,25);1H. The topological polar surface area (TPSA) is 52.6 Å². The third kappa shape index (κ3) is 6.21. The summed E-state index contributed by atoms with van der Waals surface area (Å²) in [6, 6.07) is 11.1. The molecule has 0 saturated carbocycles. The summed E-state index contributed by atoms with van der Waals surface area (Å²) in [5.41, 5.74) is 1.18. The van der Waals surface area contributed by atoms with Crippen LogP contribution in [0.5, 0.6) is 0 Å². The fraction of sp³-hybridized carbons (Fsp3) is 0.368. The van der Waals surface area contributed by atoms with Crippen LogP contribution in [0.3, 0.4) is 0 Å². The van der Waals surface area contributed by atoms with Crippen molar-refractivity contribution in [2.24, 2.45) is 4.99 Å². The molecular weight excluding hydrogens is 480 g/mol. The molecule has 3 rings (SSSR count). The van der Waals surface area contributed by atoms with Crippen LogP contribution in [0.4, 0.5) is 10.2 Å². The van der Waals surface area contributed by atoms with Gasteiger partial charge in [-0.15, -0.1) is 24.0 Å². The molecule has 1 aromatic heterocycles. The van der Waals surface area contributed by atoms with E-state index in [1.54, 1.807) is 19.3 Å². The Morgan fingerprint density at radius 1 is 1.37 bits per heavy atom. The van der Waals surface area contributed by atoms with E-state index in [2.05, 4.69) is 26.7 Å². The van der Waals surface area contributed by atoms with Crippen LogP contribution in [0.15, 0.2) is 47.6 Å². The van der Waals surface area contributed by atoms with E-state index >= 15 is 0 Å². The van der Waals surface area contributed by atoms with Gasteiger partial charge in [0.2, 0.25) is 0 Å². The first kappa shape index (κ1) is 21.7. The number of hydrogen-bond acceptors (Lipinski definition) is 3. The van der Waals surface area contributed by atoms with Gasteiger partial charge in [0, 0.05) is 43.9 Å². The van der Waals surface area contributed by atoms with Gasteiger partial charge in [-0.2, -0.15) is 0 Å². The molecular formula is C19H24ClFIN5. The van der Waals surface area contributed by atoms with Crippen LogP contribution in [0, 0.1) is 5.82 Å². The van der Waals surface area contributed by atoms with Crippen molar-refractivity contribution in [1.82, 2.24) is 15.6 Å². The van der Waals surface area contributed by atoms with Crippen LogP contribution in [0.25, 0.3) is 0 Å². The zero-order valence-corrected chi connectivity index (χ0v) is 18.2. The quantitative estimate of drug-likeness (QED) is 0.373. The maximum Gasteiger partial charge on any atom is 0.191 e. The molecule has 0 bridgehead atoms. The van der Waals surface area contributed by atoms with Gasteiger partial charge >= 0.3 is 0 Å². The summed E-state index contributed by atoms with van der Waals surface area (Å²) in [6.07, 6.45) is 3.39. The van der Waals surface area contributed by atoms with Crippen molar-refractivity contribution in [1.29, 1.82) is 0 Å². The van der Waals surface area contributed by atoms with E-state index in [4.69, 9.17) is 11.6 Å². The van der Waals surface area contributed by atoms with Crippen LogP contribution in [-0.2, 0) is 6.42 Å². The Morgan fingerprint density at radius 2 is 2.22 bits per heavy atom. The lowest BCUT2D eigenvalue weighted by atomic mass is 10.1. The van der Waals surface area contributed by atoms with Crippen molar-refractivity contribution in [3.05, 3.63) is 59.0 Å². The van der Waals surface area contributed by atoms with E-state index in [9.17, 15) is 4.39 Å². The minimum atomic E-state index is -0.280. The normalized spacial score (nSPS) is 16.8. The highest BCUT2D eigenvalue weighted by Gasteiger charge is 2.25. The molecule has 1 aliphatic heterocycles. The zero-order valence-electron chi connectivity index (χ0n) is 15.2. The van der Waals surface area contributed by atoms with Gasteiger partial charge in [0.15, 0.2) is 17.6 Å². The van der Waals surface area contributed by atoms with Gasteiger partial charge in [-0.3, -0.25) is 4.99 Å². The van der Waals surface area contributed by atoms with Gasteiger partial charge < -0.3 is 15.5 Å². The lowest BCUT2D eigenvalue weighted by Crippen LogP contribution is -2.45. The maximum atomic E-state index is 13.9. The molecule has 1 aliphatic rings. The van der Waals surface area contributed by atoms with E-state index in [0.717, 1.165) is 36.9 Å². The molecule has 0 radical (unpaired) electrons. The fourth-order valence-corrected chi connectivity index (χ4v) is 3.30. The van der Waals surface area contributed by atoms with E-state index in [-0.39, 0.29) is 35.8 Å². The van der Waals surface area contributed by atoms with Crippen molar-refractivity contribution >= 4 is 47.4 Å². The largest absolute Gasteiger partial charge is 0.356 e. The SMILES string of the molecule is CN=C(NCCc1cccc(Cl)c1)NC1CCN(c2ncccc2F)C1.I. The van der Waals surface area contributed by atoms with Gasteiger partial charge in [-0.25, -0.2) is 9.37 Å². The lowest BCUT2D eigenvalue weighted by molar-refractivity contribution is 0.612. The molecule has 146 valence electrons. The molecule has 1 fully saturated rings. The molecule has 0 aliphatic carbocycles. The number of nitrogens with one attached hydrogen (secondary N) is 2. The summed E-state index contributed by atoms with van der Waals surface area (Å²) in [5, 5.41) is 7.47. The predicted octanol–water partition coefficient (Wildman–Crippen LogP) is 3.48. The van der Waals surface area contributed by atoms with E-state index in [1.807, 2.05) is 23.1 Å². The van der Waals surface area contributed by atoms with E-state index in [1.165, 1.54) is 11.6 Å². The molecule has 2 N–H and O–H groups in total. The number of rotatable bonds is 5. The molecule has 0 amide bonds. The number of pyridine rings is 1. The monoisotopic (exact) mass is 503 g/mol. The van der Waals surface area contributed by atoms with Crippen LogP contribution >= 0.6 is 35.6 Å². The van der Waals surface area contributed by atoms with Gasteiger partial charge in [0.25, 0.3) is 0 Å². The molecule has 2 heterocycles. The average molecular weight is 504 g/mol. The van der Waals surface area contributed by atoms with Crippen LogP contribution in [0.1, 0.15) is 12.0 Å². The highest BCUT2D eigenvalue weighted by Crippen LogP contribution is 2.20. The maximum absolute atomic E-state index is 13.9. The molecule has 0 spiro atoms. The Kier molecular flexibility index (Phi) is 8.56. The van der Waals surface area contributed by atoms with Crippen molar-refractivity contribution in [2.75, 3.05) is 31.6 Å². The number of anilines is 1. The number of nitrogens with zero attached hydrogens (tertiary/aromatic N) is 3. The Bertz CT molecular complexity index is 773. The molecule has 1 atom stereocenters. The van der Waals surface area contributed by atoms with E-state index in [0.29, 0.717) is 12.4 Å². The van der Waals surface area contributed by atoms with Gasteiger partial charge in [-0.1, -0.05) is 23.7 Å². The number of benzene rings is 1. The van der Waals surface area contributed by atoms with Gasteiger partial charge in [0.1, 0.15) is 0 Å².